The fraction of sp³-hybridized carbons (Fsp3) is 0.0455. The number of methoxy groups -OCH3 is 1. The normalized spacial score (nSPS) is 11.5. The lowest BCUT2D eigenvalue weighted by molar-refractivity contribution is 0.104. The van der Waals surface area contributed by atoms with Gasteiger partial charge in [-0.1, -0.05) is 42.5 Å². The fourth-order valence-electron chi connectivity index (χ4n) is 3.12. The standard InChI is InChI=1S/C22H16O3S/c1-25-17-13-11-16(12-14-17)21(23)22-20(15-7-3-2-4-8-15)18-9-5-6-10-19(18)26(22)24/h2-14H,1H3. The summed E-state index contributed by atoms with van der Waals surface area (Å²) in [6, 6.07) is 24.0. The van der Waals surface area contributed by atoms with Gasteiger partial charge in [-0.25, -0.2) is 0 Å². The zero-order valence-electron chi connectivity index (χ0n) is 14.1. The summed E-state index contributed by atoms with van der Waals surface area (Å²) >= 11 is 0. The third-order valence-corrected chi connectivity index (χ3v) is 5.91. The van der Waals surface area contributed by atoms with Gasteiger partial charge in [0.1, 0.15) is 5.75 Å². The first-order chi connectivity index (χ1) is 12.7. The summed E-state index contributed by atoms with van der Waals surface area (Å²) in [6.45, 7) is 0. The van der Waals surface area contributed by atoms with E-state index in [1.165, 1.54) is 0 Å². The molecule has 1 heterocycles. The molecule has 0 N–H and O–H groups in total. The van der Waals surface area contributed by atoms with Gasteiger partial charge in [0.2, 0.25) is 10.7 Å². The van der Waals surface area contributed by atoms with Crippen LogP contribution in [0.25, 0.3) is 21.2 Å². The van der Waals surface area contributed by atoms with Gasteiger partial charge in [-0.2, -0.15) is 0 Å². The fourth-order valence-corrected chi connectivity index (χ4v) is 4.61. The lowest BCUT2D eigenvalue weighted by atomic mass is 9.98. The molecule has 1 aromatic heterocycles. The van der Waals surface area contributed by atoms with Crippen molar-refractivity contribution in [1.29, 1.82) is 0 Å². The van der Waals surface area contributed by atoms with E-state index in [9.17, 15) is 9.35 Å². The molecule has 128 valence electrons. The molecule has 0 saturated carbocycles. The zero-order chi connectivity index (χ0) is 18.1. The average Bonchev–Trinajstić information content (AvgIpc) is 3.01. The minimum Gasteiger partial charge on any atom is -0.590 e. The van der Waals surface area contributed by atoms with Gasteiger partial charge in [-0.15, -0.1) is 0 Å². The Morgan fingerprint density at radius 3 is 2.23 bits per heavy atom. The van der Waals surface area contributed by atoms with Gasteiger partial charge in [0.05, 0.1) is 12.7 Å². The molecule has 0 spiro atoms. The third-order valence-electron chi connectivity index (χ3n) is 4.39. The van der Waals surface area contributed by atoms with Crippen LogP contribution in [0.15, 0.2) is 78.9 Å². The highest BCUT2D eigenvalue weighted by Gasteiger charge is 2.29. The van der Waals surface area contributed by atoms with Gasteiger partial charge >= 0.3 is 0 Å². The van der Waals surface area contributed by atoms with Crippen molar-refractivity contribution in [2.45, 2.75) is 0 Å². The van der Waals surface area contributed by atoms with Crippen molar-refractivity contribution in [3.63, 3.8) is 0 Å². The first-order valence-electron chi connectivity index (χ1n) is 8.20. The van der Waals surface area contributed by atoms with Crippen molar-refractivity contribution in [2.75, 3.05) is 7.11 Å². The number of carbonyl (C=O) groups excluding carboxylic acids is 1. The second kappa shape index (κ2) is 6.75. The Labute approximate surface area is 154 Å². The number of thiophene rings is 1. The lowest BCUT2D eigenvalue weighted by Crippen LogP contribution is -2.02. The molecule has 1 unspecified atom stereocenters. The van der Waals surface area contributed by atoms with Crippen LogP contribution in [0.2, 0.25) is 0 Å². The quantitative estimate of drug-likeness (QED) is 0.358. The van der Waals surface area contributed by atoms with Crippen LogP contribution in [0.3, 0.4) is 0 Å². The highest BCUT2D eigenvalue weighted by Crippen LogP contribution is 2.44. The van der Waals surface area contributed by atoms with Gasteiger partial charge < -0.3 is 9.29 Å². The van der Waals surface area contributed by atoms with Crippen LogP contribution >= 0.6 is 10.8 Å². The van der Waals surface area contributed by atoms with Crippen LogP contribution in [-0.2, 0) is 0 Å². The molecule has 26 heavy (non-hydrogen) atoms. The molecule has 0 aliphatic heterocycles. The van der Waals surface area contributed by atoms with Crippen LogP contribution in [0.4, 0.5) is 0 Å². The Bertz CT molecular complexity index is 1080. The number of carbonyl (C=O) groups is 1. The molecule has 0 aliphatic carbocycles. The van der Waals surface area contributed by atoms with Crippen molar-refractivity contribution in [1.82, 2.24) is 0 Å². The van der Waals surface area contributed by atoms with E-state index in [0.717, 1.165) is 16.5 Å². The monoisotopic (exact) mass is 360 g/mol. The molecule has 0 aliphatic rings. The largest absolute Gasteiger partial charge is 0.590 e. The Morgan fingerprint density at radius 1 is 0.885 bits per heavy atom. The molecule has 0 amide bonds. The van der Waals surface area contributed by atoms with Crippen LogP contribution in [-0.4, -0.2) is 17.4 Å². The number of rotatable bonds is 4. The molecule has 0 radical (unpaired) electrons. The van der Waals surface area contributed by atoms with Gasteiger partial charge in [0.25, 0.3) is 0 Å². The Balaban J connectivity index is 1.96. The molecule has 3 aromatic carbocycles. The maximum absolute atomic E-state index is 13.2. The molecule has 0 bridgehead atoms. The smallest absolute Gasteiger partial charge is 0.245 e. The van der Waals surface area contributed by atoms with E-state index in [2.05, 4.69) is 0 Å². The summed E-state index contributed by atoms with van der Waals surface area (Å²) in [7, 11) is 0.0739. The summed E-state index contributed by atoms with van der Waals surface area (Å²) in [5, 5.41) is 0.855. The van der Waals surface area contributed by atoms with Crippen LogP contribution in [0.1, 0.15) is 15.2 Å². The first-order valence-corrected chi connectivity index (χ1v) is 9.35. The molecule has 4 rings (SSSR count). The van der Waals surface area contributed by atoms with Crippen LogP contribution in [0, 0.1) is 0 Å². The number of benzene rings is 3. The molecule has 4 aromatic rings. The maximum Gasteiger partial charge on any atom is 0.245 e. The molecule has 0 saturated heterocycles. The van der Waals surface area contributed by atoms with Crippen molar-refractivity contribution in [3.8, 4) is 16.9 Å². The van der Waals surface area contributed by atoms with Gasteiger partial charge in [-0.05, 0) is 52.7 Å². The molecular weight excluding hydrogens is 344 g/mol. The zero-order valence-corrected chi connectivity index (χ0v) is 15.0. The number of ketones is 1. The highest BCUT2D eigenvalue weighted by atomic mass is 32.2. The minimum atomic E-state index is -1.51. The Morgan fingerprint density at radius 2 is 1.54 bits per heavy atom. The summed E-state index contributed by atoms with van der Waals surface area (Å²) in [4.78, 5) is 13.6. The van der Waals surface area contributed by atoms with Crippen LogP contribution < -0.4 is 4.74 Å². The van der Waals surface area contributed by atoms with Crippen molar-refractivity contribution < 1.29 is 14.1 Å². The van der Waals surface area contributed by atoms with E-state index in [1.807, 2.05) is 54.6 Å². The number of hydrogen-bond donors (Lipinski definition) is 0. The third kappa shape index (κ3) is 2.69. The van der Waals surface area contributed by atoms with Gasteiger partial charge in [-0.3, -0.25) is 4.79 Å². The molecule has 4 heteroatoms. The van der Waals surface area contributed by atoms with Gasteiger partial charge in [0, 0.05) is 10.9 Å². The maximum atomic E-state index is 13.2. The predicted octanol–water partition coefficient (Wildman–Crippen LogP) is 5.47. The molecule has 0 fully saturated rings. The summed E-state index contributed by atoms with van der Waals surface area (Å²) in [5.41, 5.74) is 2.14. The van der Waals surface area contributed by atoms with Crippen molar-refractivity contribution >= 4 is 26.6 Å². The van der Waals surface area contributed by atoms with E-state index in [0.29, 0.717) is 20.9 Å². The molecular formula is C22H16O3S. The topological polar surface area (TPSA) is 49.4 Å². The SMILES string of the molecule is COc1ccc(C(=O)c2c(-c3ccccc3)c3ccccc3[s+]2[O-])cc1. The number of fused-ring (bicyclic) bond motifs is 1. The van der Waals surface area contributed by atoms with E-state index in [1.54, 1.807) is 31.4 Å². The molecule has 1 atom stereocenters. The Hall–Kier alpha value is -2.95. The van der Waals surface area contributed by atoms with Crippen LogP contribution in [0.5, 0.6) is 5.75 Å². The van der Waals surface area contributed by atoms with E-state index in [-0.39, 0.29) is 5.78 Å². The highest BCUT2D eigenvalue weighted by molar-refractivity contribution is 7.33. The molecule has 3 nitrogen and oxygen atoms in total. The average molecular weight is 360 g/mol. The second-order valence-corrected chi connectivity index (χ2v) is 7.28. The van der Waals surface area contributed by atoms with E-state index < -0.39 is 10.8 Å². The first kappa shape index (κ1) is 16.5. The minimum absolute atomic E-state index is 0.221. The van der Waals surface area contributed by atoms with Gasteiger partial charge in [0.15, 0.2) is 4.70 Å². The lowest BCUT2D eigenvalue weighted by Gasteiger charge is -2.04. The number of ether oxygens (including phenoxy) is 1. The predicted molar refractivity (Wildman–Crippen MR) is 104 cm³/mol. The van der Waals surface area contributed by atoms with Crippen molar-refractivity contribution in [2.24, 2.45) is 0 Å². The number of hydrogen-bond acceptors (Lipinski definition) is 3. The van der Waals surface area contributed by atoms with Crippen molar-refractivity contribution in [3.05, 3.63) is 89.3 Å². The second-order valence-electron chi connectivity index (χ2n) is 5.89. The van der Waals surface area contributed by atoms with E-state index >= 15 is 0 Å². The summed E-state index contributed by atoms with van der Waals surface area (Å²) in [6.07, 6.45) is 0. The summed E-state index contributed by atoms with van der Waals surface area (Å²) < 4.78 is 19.0. The summed E-state index contributed by atoms with van der Waals surface area (Å²) in [5.74, 6) is 0.454. The Kier molecular flexibility index (Phi) is 4.29. The van der Waals surface area contributed by atoms with E-state index in [4.69, 9.17) is 4.74 Å².